The summed E-state index contributed by atoms with van der Waals surface area (Å²) >= 11 is 1.29. The van der Waals surface area contributed by atoms with Crippen molar-refractivity contribution >= 4 is 28.3 Å². The lowest BCUT2D eigenvalue weighted by Gasteiger charge is -2.22. The van der Waals surface area contributed by atoms with Gasteiger partial charge >= 0.3 is 0 Å². The van der Waals surface area contributed by atoms with Crippen LogP contribution in [0.3, 0.4) is 0 Å². The molecular weight excluding hydrogens is 388 g/mol. The molecule has 8 heteroatoms. The minimum atomic E-state index is -0.494. The second kappa shape index (κ2) is 9.29. The fourth-order valence-corrected chi connectivity index (χ4v) is 3.55. The molecule has 2 amide bonds. The third-order valence-corrected chi connectivity index (χ3v) is 5.19. The summed E-state index contributed by atoms with van der Waals surface area (Å²) in [6, 6.07) is 13.0. The quantitative estimate of drug-likeness (QED) is 0.649. The highest BCUT2D eigenvalue weighted by Crippen LogP contribution is 2.16. The molecule has 0 aliphatic carbocycles. The molecule has 1 atom stereocenters. The van der Waals surface area contributed by atoms with E-state index in [1.807, 2.05) is 37.3 Å². The van der Waals surface area contributed by atoms with Gasteiger partial charge in [-0.1, -0.05) is 37.3 Å². The summed E-state index contributed by atoms with van der Waals surface area (Å²) in [5.74, 6) is -0.620. The molecule has 1 N–H and O–H groups in total. The van der Waals surface area contributed by atoms with Gasteiger partial charge in [0, 0.05) is 31.4 Å². The Kier molecular flexibility index (Phi) is 6.56. The number of hydrogen-bond donors (Lipinski definition) is 1. The van der Waals surface area contributed by atoms with Crippen molar-refractivity contribution in [2.45, 2.75) is 19.4 Å². The molecule has 7 nitrogen and oxygen atoms in total. The molecule has 0 bridgehead atoms. The number of hydrogen-bond acceptors (Lipinski definition) is 5. The van der Waals surface area contributed by atoms with Crippen molar-refractivity contribution in [2.75, 3.05) is 18.9 Å². The lowest BCUT2D eigenvalue weighted by Crippen LogP contribution is -2.37. The predicted octanol–water partition coefficient (Wildman–Crippen LogP) is 2.82. The summed E-state index contributed by atoms with van der Waals surface area (Å²) in [6.07, 6.45) is 3.07. The maximum atomic E-state index is 12.8. The maximum absolute atomic E-state index is 12.8. The van der Waals surface area contributed by atoms with Crippen LogP contribution in [-0.4, -0.2) is 39.9 Å². The Morgan fingerprint density at radius 3 is 2.66 bits per heavy atom. The SMILES string of the molecule is CC(CN(C)C(=O)c1cccn(CC(=O)Nc2nccs2)c1=O)c1ccccc1. The summed E-state index contributed by atoms with van der Waals surface area (Å²) in [5.41, 5.74) is 0.666. The minimum Gasteiger partial charge on any atom is -0.341 e. The van der Waals surface area contributed by atoms with Gasteiger partial charge in [-0.25, -0.2) is 4.98 Å². The minimum absolute atomic E-state index is 0.0392. The summed E-state index contributed by atoms with van der Waals surface area (Å²) in [5, 5.41) is 4.83. The molecular formula is C21H22N4O3S. The number of likely N-dealkylation sites (N-methyl/N-ethyl adjacent to an activating group) is 1. The average molecular weight is 410 g/mol. The fourth-order valence-electron chi connectivity index (χ4n) is 3.01. The van der Waals surface area contributed by atoms with E-state index < -0.39 is 5.56 Å². The van der Waals surface area contributed by atoms with Gasteiger partial charge in [0.15, 0.2) is 5.13 Å². The van der Waals surface area contributed by atoms with Crippen LogP contribution in [0.15, 0.2) is 65.0 Å². The van der Waals surface area contributed by atoms with Crippen molar-refractivity contribution < 1.29 is 9.59 Å². The van der Waals surface area contributed by atoms with Gasteiger partial charge in [0.25, 0.3) is 11.5 Å². The number of anilines is 1. The molecule has 150 valence electrons. The van der Waals surface area contributed by atoms with Crippen LogP contribution in [0.2, 0.25) is 0 Å². The largest absolute Gasteiger partial charge is 0.341 e. The van der Waals surface area contributed by atoms with Crippen LogP contribution in [0.1, 0.15) is 28.8 Å². The molecule has 1 unspecified atom stereocenters. The number of nitrogens with zero attached hydrogens (tertiary/aromatic N) is 3. The van der Waals surface area contributed by atoms with E-state index in [4.69, 9.17) is 0 Å². The van der Waals surface area contributed by atoms with Crippen molar-refractivity contribution in [1.29, 1.82) is 0 Å². The molecule has 3 rings (SSSR count). The first-order valence-electron chi connectivity index (χ1n) is 9.15. The smallest absolute Gasteiger partial charge is 0.263 e. The van der Waals surface area contributed by atoms with Crippen LogP contribution in [0, 0.1) is 0 Å². The molecule has 0 fully saturated rings. The lowest BCUT2D eigenvalue weighted by molar-refractivity contribution is -0.116. The topological polar surface area (TPSA) is 84.3 Å². The molecule has 0 aliphatic rings. The molecule has 3 aromatic rings. The van der Waals surface area contributed by atoms with Crippen molar-refractivity contribution in [2.24, 2.45) is 0 Å². The van der Waals surface area contributed by atoms with Crippen LogP contribution in [0.4, 0.5) is 5.13 Å². The van der Waals surface area contributed by atoms with Crippen LogP contribution in [0.5, 0.6) is 0 Å². The van der Waals surface area contributed by atoms with E-state index in [1.165, 1.54) is 33.1 Å². The summed E-state index contributed by atoms with van der Waals surface area (Å²) < 4.78 is 1.23. The van der Waals surface area contributed by atoms with Crippen LogP contribution >= 0.6 is 11.3 Å². The second-order valence-electron chi connectivity index (χ2n) is 6.74. The Hall–Kier alpha value is -3.26. The summed E-state index contributed by atoms with van der Waals surface area (Å²) in [4.78, 5) is 43.2. The highest BCUT2D eigenvalue weighted by molar-refractivity contribution is 7.13. The Labute approximate surface area is 172 Å². The molecule has 2 heterocycles. The number of carbonyl (C=O) groups excluding carboxylic acids is 2. The van der Waals surface area contributed by atoms with Crippen LogP contribution in [0.25, 0.3) is 0 Å². The van der Waals surface area contributed by atoms with E-state index in [0.717, 1.165) is 5.56 Å². The molecule has 0 saturated heterocycles. The molecule has 1 aromatic carbocycles. The number of benzene rings is 1. The Balaban J connectivity index is 1.69. The van der Waals surface area contributed by atoms with Gasteiger partial charge in [-0.3, -0.25) is 14.4 Å². The normalized spacial score (nSPS) is 11.7. The average Bonchev–Trinajstić information content (AvgIpc) is 3.22. The number of thiazole rings is 1. The van der Waals surface area contributed by atoms with E-state index in [2.05, 4.69) is 10.3 Å². The predicted molar refractivity (Wildman–Crippen MR) is 113 cm³/mol. The van der Waals surface area contributed by atoms with E-state index in [0.29, 0.717) is 11.7 Å². The van der Waals surface area contributed by atoms with Gasteiger partial charge in [0.1, 0.15) is 12.1 Å². The van der Waals surface area contributed by atoms with Gasteiger partial charge in [-0.2, -0.15) is 0 Å². The molecule has 0 radical (unpaired) electrons. The highest BCUT2D eigenvalue weighted by atomic mass is 32.1. The van der Waals surface area contributed by atoms with Crippen LogP contribution < -0.4 is 10.9 Å². The first-order valence-corrected chi connectivity index (χ1v) is 10.0. The zero-order chi connectivity index (χ0) is 20.8. The monoisotopic (exact) mass is 410 g/mol. The van der Waals surface area contributed by atoms with Crippen molar-refractivity contribution in [3.8, 4) is 0 Å². The Morgan fingerprint density at radius 2 is 1.97 bits per heavy atom. The van der Waals surface area contributed by atoms with Crippen molar-refractivity contribution in [3.05, 3.63) is 81.7 Å². The van der Waals surface area contributed by atoms with Crippen molar-refractivity contribution in [3.63, 3.8) is 0 Å². The maximum Gasteiger partial charge on any atom is 0.263 e. The molecule has 0 spiro atoms. The van der Waals surface area contributed by atoms with E-state index in [-0.39, 0.29) is 29.8 Å². The number of rotatable bonds is 7. The number of carbonyl (C=O) groups is 2. The molecule has 0 saturated carbocycles. The number of nitrogens with one attached hydrogen (secondary N) is 1. The van der Waals surface area contributed by atoms with E-state index in [9.17, 15) is 14.4 Å². The van der Waals surface area contributed by atoms with Gasteiger partial charge in [0.2, 0.25) is 5.91 Å². The number of pyridine rings is 1. The van der Waals surface area contributed by atoms with Gasteiger partial charge in [-0.05, 0) is 23.6 Å². The first kappa shape index (κ1) is 20.5. The van der Waals surface area contributed by atoms with Gasteiger partial charge < -0.3 is 14.8 Å². The molecule has 29 heavy (non-hydrogen) atoms. The zero-order valence-corrected chi connectivity index (χ0v) is 17.1. The number of amides is 2. The van der Waals surface area contributed by atoms with E-state index >= 15 is 0 Å². The first-order chi connectivity index (χ1) is 14.0. The Morgan fingerprint density at radius 1 is 1.21 bits per heavy atom. The van der Waals surface area contributed by atoms with Gasteiger partial charge in [0.05, 0.1) is 0 Å². The number of aromatic nitrogens is 2. The fraction of sp³-hybridized carbons (Fsp3) is 0.238. The third kappa shape index (κ3) is 5.17. The highest BCUT2D eigenvalue weighted by Gasteiger charge is 2.19. The standard InChI is InChI=1S/C21H22N4O3S/c1-15(16-7-4-3-5-8-16)13-24(2)19(27)17-9-6-11-25(20(17)28)14-18(26)23-21-22-10-12-29-21/h3-12,15H,13-14H2,1-2H3,(H,22,23,26). The van der Waals surface area contributed by atoms with Crippen molar-refractivity contribution in [1.82, 2.24) is 14.5 Å². The second-order valence-corrected chi connectivity index (χ2v) is 7.63. The Bertz CT molecular complexity index is 1030. The van der Waals surface area contributed by atoms with Gasteiger partial charge in [-0.15, -0.1) is 11.3 Å². The molecule has 2 aromatic heterocycles. The molecule has 0 aliphatic heterocycles. The lowest BCUT2D eigenvalue weighted by atomic mass is 10.0. The van der Waals surface area contributed by atoms with Crippen LogP contribution in [-0.2, 0) is 11.3 Å². The summed E-state index contributed by atoms with van der Waals surface area (Å²) in [6.45, 7) is 2.32. The summed E-state index contributed by atoms with van der Waals surface area (Å²) in [7, 11) is 1.67. The zero-order valence-electron chi connectivity index (χ0n) is 16.2. The third-order valence-electron chi connectivity index (χ3n) is 4.51. The van der Waals surface area contributed by atoms with E-state index in [1.54, 1.807) is 24.7 Å².